The Morgan fingerprint density at radius 1 is 1.48 bits per heavy atom. The van der Waals surface area contributed by atoms with Gasteiger partial charge in [0.05, 0.1) is 11.8 Å². The first kappa shape index (κ1) is 14.5. The van der Waals surface area contributed by atoms with Crippen molar-refractivity contribution in [3.63, 3.8) is 0 Å². The van der Waals surface area contributed by atoms with E-state index in [0.29, 0.717) is 32.7 Å². The van der Waals surface area contributed by atoms with Gasteiger partial charge in [0.15, 0.2) is 0 Å². The summed E-state index contributed by atoms with van der Waals surface area (Å²) < 4.78 is 5.30. The van der Waals surface area contributed by atoms with Crippen LogP contribution in [0.4, 0.5) is 0 Å². The van der Waals surface area contributed by atoms with Crippen LogP contribution in [0.1, 0.15) is 24.2 Å². The number of carbonyl (C=O) groups is 1. The molecule has 3 rings (SSSR count). The molecule has 0 aromatic carbocycles. The topological polar surface area (TPSA) is 78.5 Å². The number of likely N-dealkylation sites (tertiary alicyclic amines) is 1. The number of hydrogen-bond donors (Lipinski definition) is 2. The zero-order valence-electron chi connectivity index (χ0n) is 12.4. The van der Waals surface area contributed by atoms with Crippen molar-refractivity contribution in [2.45, 2.75) is 32.3 Å². The van der Waals surface area contributed by atoms with Crippen molar-refractivity contribution >= 4 is 5.91 Å². The second-order valence-electron chi connectivity index (χ2n) is 6.20. The molecule has 2 aliphatic rings. The van der Waals surface area contributed by atoms with E-state index in [-0.39, 0.29) is 17.7 Å². The van der Waals surface area contributed by atoms with Gasteiger partial charge >= 0.3 is 0 Å². The third-order valence-corrected chi connectivity index (χ3v) is 4.52. The van der Waals surface area contributed by atoms with Gasteiger partial charge in [0.1, 0.15) is 0 Å². The number of amides is 1. The molecule has 0 aliphatic carbocycles. The van der Waals surface area contributed by atoms with Crippen LogP contribution >= 0.6 is 0 Å². The molecule has 1 amide bonds. The number of aliphatic hydroxyl groups is 1. The zero-order chi connectivity index (χ0) is 14.8. The second kappa shape index (κ2) is 6.15. The first-order chi connectivity index (χ1) is 10.1. The molecule has 0 bridgehead atoms. The maximum atomic E-state index is 12.5. The Hall–Kier alpha value is -1.40. The highest BCUT2D eigenvalue weighted by atomic mass is 16.5. The maximum absolute atomic E-state index is 12.5. The zero-order valence-corrected chi connectivity index (χ0v) is 12.4. The van der Waals surface area contributed by atoms with Crippen molar-refractivity contribution in [3.05, 3.63) is 17.5 Å². The highest BCUT2D eigenvalue weighted by molar-refractivity contribution is 5.79. The first-order valence-corrected chi connectivity index (χ1v) is 7.69. The van der Waals surface area contributed by atoms with Gasteiger partial charge in [0.25, 0.3) is 0 Å². The molecule has 2 fully saturated rings. The van der Waals surface area contributed by atoms with Crippen LogP contribution in [0.15, 0.2) is 6.07 Å². The van der Waals surface area contributed by atoms with Crippen LogP contribution in [-0.4, -0.2) is 58.5 Å². The van der Waals surface area contributed by atoms with Gasteiger partial charge in [0.2, 0.25) is 5.91 Å². The molecule has 21 heavy (non-hydrogen) atoms. The van der Waals surface area contributed by atoms with E-state index >= 15 is 0 Å². The minimum absolute atomic E-state index is 0.0670. The van der Waals surface area contributed by atoms with E-state index in [1.165, 1.54) is 0 Å². The number of aliphatic hydroxyl groups excluding tert-OH is 1. The Morgan fingerprint density at radius 3 is 2.90 bits per heavy atom. The summed E-state index contributed by atoms with van der Waals surface area (Å²) in [5.41, 5.74) is 1.98. The van der Waals surface area contributed by atoms with Gasteiger partial charge in [-0.1, -0.05) is 0 Å². The fourth-order valence-corrected chi connectivity index (χ4v) is 3.29. The van der Waals surface area contributed by atoms with Crippen molar-refractivity contribution in [1.82, 2.24) is 15.1 Å². The minimum Gasteiger partial charge on any atom is -0.391 e. The molecule has 0 saturated carbocycles. The molecule has 3 heterocycles. The van der Waals surface area contributed by atoms with Gasteiger partial charge in [-0.15, -0.1) is 0 Å². The summed E-state index contributed by atoms with van der Waals surface area (Å²) in [6, 6.07) is 2.00. The summed E-state index contributed by atoms with van der Waals surface area (Å²) >= 11 is 0. The second-order valence-corrected chi connectivity index (χ2v) is 6.20. The molecule has 0 radical (unpaired) electrons. The highest BCUT2D eigenvalue weighted by Gasteiger charge is 2.37. The molecule has 1 aromatic rings. The number of hydrogen-bond acceptors (Lipinski definition) is 4. The Kier molecular flexibility index (Phi) is 4.26. The summed E-state index contributed by atoms with van der Waals surface area (Å²) in [6.45, 7) is 4.38. The van der Waals surface area contributed by atoms with Gasteiger partial charge in [0, 0.05) is 43.8 Å². The van der Waals surface area contributed by atoms with Crippen LogP contribution < -0.4 is 0 Å². The third kappa shape index (κ3) is 3.27. The van der Waals surface area contributed by atoms with Crippen molar-refractivity contribution in [1.29, 1.82) is 0 Å². The van der Waals surface area contributed by atoms with Crippen molar-refractivity contribution < 1.29 is 14.6 Å². The van der Waals surface area contributed by atoms with Crippen LogP contribution in [0.5, 0.6) is 0 Å². The Morgan fingerprint density at radius 2 is 2.24 bits per heavy atom. The number of nitrogens with zero attached hydrogens (tertiary/aromatic N) is 2. The molecule has 2 aliphatic heterocycles. The lowest BCUT2D eigenvalue weighted by molar-refractivity contribution is -0.137. The van der Waals surface area contributed by atoms with E-state index < -0.39 is 6.10 Å². The van der Waals surface area contributed by atoms with Crippen LogP contribution in [0, 0.1) is 18.8 Å². The lowest BCUT2D eigenvalue weighted by atomic mass is 9.98. The standard InChI is InChI=1S/C15H23N3O3/c1-10-6-13(17-16-10)7-12-8-18(9-14(12)19)15(20)11-2-4-21-5-3-11/h6,11-12,14,19H,2-5,7-9H2,1H3,(H,16,17)/t12-,14+/m1/s1. The fraction of sp³-hybridized carbons (Fsp3) is 0.733. The number of β-amino-alcohol motifs (C(OH)–C–C–N with tert-alkyl or cyclic N) is 1. The number of aromatic amines is 1. The number of carbonyl (C=O) groups excluding carboxylic acids is 1. The van der Waals surface area contributed by atoms with E-state index in [9.17, 15) is 9.90 Å². The molecule has 2 atom stereocenters. The highest BCUT2D eigenvalue weighted by Crippen LogP contribution is 2.25. The Balaban J connectivity index is 1.58. The van der Waals surface area contributed by atoms with Crippen molar-refractivity contribution in [2.75, 3.05) is 26.3 Å². The summed E-state index contributed by atoms with van der Waals surface area (Å²) in [6.07, 6.45) is 1.86. The number of aromatic nitrogens is 2. The van der Waals surface area contributed by atoms with E-state index in [1.807, 2.05) is 17.9 Å². The molecule has 2 saturated heterocycles. The summed E-state index contributed by atoms with van der Waals surface area (Å²) in [5, 5.41) is 17.4. The number of H-pyrrole nitrogens is 1. The SMILES string of the molecule is Cc1cc(C[C@@H]2CN(C(=O)C3CCOCC3)C[C@@H]2O)n[nH]1. The van der Waals surface area contributed by atoms with E-state index in [2.05, 4.69) is 10.2 Å². The van der Waals surface area contributed by atoms with Gasteiger partial charge in [-0.05, 0) is 32.3 Å². The van der Waals surface area contributed by atoms with Gasteiger partial charge in [-0.2, -0.15) is 5.10 Å². The largest absolute Gasteiger partial charge is 0.391 e. The number of ether oxygens (including phenoxy) is 1. The minimum atomic E-state index is -0.453. The third-order valence-electron chi connectivity index (χ3n) is 4.52. The number of nitrogens with one attached hydrogen (secondary N) is 1. The van der Waals surface area contributed by atoms with Crippen LogP contribution in [0.2, 0.25) is 0 Å². The molecule has 1 aromatic heterocycles. The number of rotatable bonds is 3. The lowest BCUT2D eigenvalue weighted by Gasteiger charge is -2.26. The predicted octanol–water partition coefficient (Wildman–Crippen LogP) is 0.507. The summed E-state index contributed by atoms with van der Waals surface area (Å²) in [4.78, 5) is 14.3. The summed E-state index contributed by atoms with van der Waals surface area (Å²) in [5.74, 6) is 0.326. The van der Waals surface area contributed by atoms with Gasteiger partial charge in [-0.25, -0.2) is 0 Å². The van der Waals surface area contributed by atoms with Gasteiger partial charge in [-0.3, -0.25) is 9.89 Å². The fourth-order valence-electron chi connectivity index (χ4n) is 3.29. The van der Waals surface area contributed by atoms with E-state index in [4.69, 9.17) is 4.74 Å². The molecule has 2 N–H and O–H groups in total. The number of aryl methyl sites for hydroxylation is 1. The van der Waals surface area contributed by atoms with Crippen LogP contribution in [0.25, 0.3) is 0 Å². The molecule has 116 valence electrons. The Labute approximate surface area is 124 Å². The lowest BCUT2D eigenvalue weighted by Crippen LogP contribution is -2.37. The molecular weight excluding hydrogens is 270 g/mol. The van der Waals surface area contributed by atoms with E-state index in [1.54, 1.807) is 0 Å². The smallest absolute Gasteiger partial charge is 0.225 e. The van der Waals surface area contributed by atoms with Crippen LogP contribution in [-0.2, 0) is 16.0 Å². The average molecular weight is 293 g/mol. The first-order valence-electron chi connectivity index (χ1n) is 7.69. The normalized spacial score (nSPS) is 27.2. The van der Waals surface area contributed by atoms with Gasteiger partial charge < -0.3 is 14.7 Å². The predicted molar refractivity (Wildman–Crippen MR) is 76.6 cm³/mol. The molecule has 0 spiro atoms. The molecule has 0 unspecified atom stereocenters. The quantitative estimate of drug-likeness (QED) is 0.851. The monoisotopic (exact) mass is 293 g/mol. The van der Waals surface area contributed by atoms with E-state index in [0.717, 1.165) is 24.2 Å². The summed E-state index contributed by atoms with van der Waals surface area (Å²) in [7, 11) is 0. The molecule has 6 nitrogen and oxygen atoms in total. The van der Waals surface area contributed by atoms with Crippen molar-refractivity contribution in [2.24, 2.45) is 11.8 Å². The van der Waals surface area contributed by atoms with Crippen molar-refractivity contribution in [3.8, 4) is 0 Å². The Bertz CT molecular complexity index is 496. The average Bonchev–Trinajstić information content (AvgIpc) is 3.06. The maximum Gasteiger partial charge on any atom is 0.225 e. The van der Waals surface area contributed by atoms with Crippen LogP contribution in [0.3, 0.4) is 0 Å². The molecular formula is C15H23N3O3. The molecule has 6 heteroatoms.